The van der Waals surface area contributed by atoms with Crippen molar-refractivity contribution in [2.45, 2.75) is 38.5 Å². The van der Waals surface area contributed by atoms with Gasteiger partial charge in [0.25, 0.3) is 0 Å². The van der Waals surface area contributed by atoms with Crippen LogP contribution in [-0.2, 0) is 9.53 Å². The molecule has 0 radical (unpaired) electrons. The lowest BCUT2D eigenvalue weighted by atomic mass is 10.1. The van der Waals surface area contributed by atoms with Gasteiger partial charge in [-0.2, -0.15) is 0 Å². The van der Waals surface area contributed by atoms with Gasteiger partial charge in [-0.15, -0.1) is 11.3 Å². The van der Waals surface area contributed by atoms with Crippen molar-refractivity contribution in [3.63, 3.8) is 0 Å². The van der Waals surface area contributed by atoms with E-state index in [1.165, 1.54) is 9.75 Å². The van der Waals surface area contributed by atoms with Crippen LogP contribution in [0.4, 0.5) is 0 Å². The van der Waals surface area contributed by atoms with Crippen LogP contribution in [0.1, 0.15) is 29.1 Å². The number of ether oxygens (including phenoxy) is 1. The quantitative estimate of drug-likeness (QED) is 0.918. The Labute approximate surface area is 118 Å². The number of hydrogen-bond donors (Lipinski definition) is 1. The maximum absolute atomic E-state index is 12.4. The van der Waals surface area contributed by atoms with Gasteiger partial charge in [0.1, 0.15) is 0 Å². The normalized spacial score (nSPS) is 24.4. The van der Waals surface area contributed by atoms with Gasteiger partial charge in [-0.3, -0.25) is 4.79 Å². The number of thiophene rings is 1. The molecule has 1 amide bonds. The molecule has 3 unspecified atom stereocenters. The molecule has 1 aromatic heterocycles. The van der Waals surface area contributed by atoms with Gasteiger partial charge >= 0.3 is 0 Å². The number of carbonyl (C=O) groups is 1. The molecule has 0 aromatic carbocycles. The number of nitrogens with zero attached hydrogens (tertiary/aromatic N) is 1. The Hall–Kier alpha value is -0.910. The van der Waals surface area contributed by atoms with Crippen molar-refractivity contribution in [1.82, 2.24) is 10.2 Å². The predicted octanol–water partition coefficient (Wildman–Crippen LogP) is 1.95. The van der Waals surface area contributed by atoms with E-state index in [0.29, 0.717) is 0 Å². The van der Waals surface area contributed by atoms with E-state index in [-0.39, 0.29) is 24.1 Å². The fourth-order valence-electron chi connectivity index (χ4n) is 2.38. The minimum Gasteiger partial charge on any atom is -0.380 e. The standard InChI is InChI=1S/C14H22N2O2S/c1-9-5-6-13(19-9)10(2)16(3)14(17)12-7-11(18-4)8-15-12/h5-6,10-12,15H,7-8H2,1-4H3. The van der Waals surface area contributed by atoms with E-state index in [1.54, 1.807) is 18.4 Å². The minimum atomic E-state index is -0.113. The number of methoxy groups -OCH3 is 1. The number of carbonyl (C=O) groups excluding carboxylic acids is 1. The third kappa shape index (κ3) is 3.16. The van der Waals surface area contributed by atoms with Crippen LogP contribution in [0.5, 0.6) is 0 Å². The number of likely N-dealkylation sites (N-methyl/N-ethyl adjacent to an activating group) is 1. The second-order valence-corrected chi connectivity index (χ2v) is 6.45. The van der Waals surface area contributed by atoms with Crippen LogP contribution in [0.2, 0.25) is 0 Å². The van der Waals surface area contributed by atoms with Crippen molar-refractivity contribution in [1.29, 1.82) is 0 Å². The Bertz CT molecular complexity index is 446. The van der Waals surface area contributed by atoms with Gasteiger partial charge in [0, 0.05) is 30.5 Å². The van der Waals surface area contributed by atoms with Crippen LogP contribution in [-0.4, -0.2) is 43.7 Å². The Balaban J connectivity index is 1.99. The lowest BCUT2D eigenvalue weighted by Gasteiger charge is -2.27. The molecular formula is C14H22N2O2S. The second-order valence-electron chi connectivity index (χ2n) is 5.13. The minimum absolute atomic E-state index is 0.113. The highest BCUT2D eigenvalue weighted by Gasteiger charge is 2.32. The Kier molecular flexibility index (Phi) is 4.60. The van der Waals surface area contributed by atoms with E-state index in [2.05, 4.69) is 31.3 Å². The molecule has 1 aliphatic rings. The fourth-order valence-corrected chi connectivity index (χ4v) is 3.35. The summed E-state index contributed by atoms with van der Waals surface area (Å²) in [6.45, 7) is 4.92. The highest BCUT2D eigenvalue weighted by atomic mass is 32.1. The van der Waals surface area contributed by atoms with Gasteiger partial charge < -0.3 is 15.0 Å². The molecule has 2 rings (SSSR count). The fraction of sp³-hybridized carbons (Fsp3) is 0.643. The number of hydrogen-bond acceptors (Lipinski definition) is 4. The molecule has 1 aliphatic heterocycles. The van der Waals surface area contributed by atoms with E-state index >= 15 is 0 Å². The molecule has 2 heterocycles. The molecule has 1 fully saturated rings. The van der Waals surface area contributed by atoms with Gasteiger partial charge in [0.15, 0.2) is 0 Å². The van der Waals surface area contributed by atoms with E-state index in [1.807, 2.05) is 11.9 Å². The molecule has 5 heteroatoms. The highest BCUT2D eigenvalue weighted by molar-refractivity contribution is 7.12. The summed E-state index contributed by atoms with van der Waals surface area (Å²) in [5, 5.41) is 3.24. The lowest BCUT2D eigenvalue weighted by molar-refractivity contribution is -0.133. The van der Waals surface area contributed by atoms with Crippen molar-refractivity contribution in [2.75, 3.05) is 20.7 Å². The van der Waals surface area contributed by atoms with Crippen LogP contribution < -0.4 is 5.32 Å². The summed E-state index contributed by atoms with van der Waals surface area (Å²) in [4.78, 5) is 16.8. The molecule has 106 valence electrons. The monoisotopic (exact) mass is 282 g/mol. The van der Waals surface area contributed by atoms with E-state index in [0.717, 1.165) is 13.0 Å². The van der Waals surface area contributed by atoms with Crippen LogP contribution in [0.25, 0.3) is 0 Å². The molecule has 3 atom stereocenters. The van der Waals surface area contributed by atoms with Crippen molar-refractivity contribution in [3.8, 4) is 0 Å². The smallest absolute Gasteiger partial charge is 0.240 e. The highest BCUT2D eigenvalue weighted by Crippen LogP contribution is 2.27. The summed E-state index contributed by atoms with van der Waals surface area (Å²) in [5.41, 5.74) is 0. The zero-order valence-electron chi connectivity index (χ0n) is 12.0. The average molecular weight is 282 g/mol. The maximum Gasteiger partial charge on any atom is 0.240 e. The third-order valence-electron chi connectivity index (χ3n) is 3.82. The molecule has 1 N–H and O–H groups in total. The average Bonchev–Trinajstić information content (AvgIpc) is 3.04. The van der Waals surface area contributed by atoms with E-state index in [4.69, 9.17) is 4.74 Å². The Morgan fingerprint density at radius 1 is 1.58 bits per heavy atom. The molecule has 1 aromatic rings. The largest absolute Gasteiger partial charge is 0.380 e. The molecule has 4 nitrogen and oxygen atoms in total. The molecule has 0 aliphatic carbocycles. The first kappa shape index (κ1) is 14.5. The molecule has 1 saturated heterocycles. The van der Waals surface area contributed by atoms with Gasteiger partial charge in [0.2, 0.25) is 5.91 Å². The molecule has 19 heavy (non-hydrogen) atoms. The van der Waals surface area contributed by atoms with E-state index in [9.17, 15) is 4.79 Å². The number of aryl methyl sites for hydroxylation is 1. The van der Waals surface area contributed by atoms with Crippen LogP contribution in [0, 0.1) is 6.92 Å². The number of amides is 1. The van der Waals surface area contributed by atoms with Gasteiger partial charge in [-0.25, -0.2) is 0 Å². The van der Waals surface area contributed by atoms with Crippen LogP contribution in [0.3, 0.4) is 0 Å². The second kappa shape index (κ2) is 6.03. The third-order valence-corrected chi connectivity index (χ3v) is 4.99. The summed E-state index contributed by atoms with van der Waals surface area (Å²) in [7, 11) is 3.57. The van der Waals surface area contributed by atoms with Crippen LogP contribution >= 0.6 is 11.3 Å². The van der Waals surface area contributed by atoms with Crippen molar-refractivity contribution < 1.29 is 9.53 Å². The van der Waals surface area contributed by atoms with Crippen LogP contribution in [0.15, 0.2) is 12.1 Å². The Morgan fingerprint density at radius 2 is 2.32 bits per heavy atom. The summed E-state index contributed by atoms with van der Waals surface area (Å²) in [6.07, 6.45) is 0.914. The molecular weight excluding hydrogens is 260 g/mol. The molecule has 0 spiro atoms. The maximum atomic E-state index is 12.4. The SMILES string of the molecule is COC1CNC(C(=O)N(C)C(C)c2ccc(C)s2)C1. The lowest BCUT2D eigenvalue weighted by Crippen LogP contribution is -2.42. The summed E-state index contributed by atoms with van der Waals surface area (Å²) >= 11 is 1.75. The topological polar surface area (TPSA) is 41.6 Å². The van der Waals surface area contributed by atoms with Gasteiger partial charge in [0.05, 0.1) is 18.2 Å². The van der Waals surface area contributed by atoms with E-state index < -0.39 is 0 Å². The Morgan fingerprint density at radius 3 is 2.84 bits per heavy atom. The van der Waals surface area contributed by atoms with Gasteiger partial charge in [-0.05, 0) is 32.4 Å². The summed E-state index contributed by atoms with van der Waals surface area (Å²) in [5.74, 6) is 0.151. The first-order valence-electron chi connectivity index (χ1n) is 6.62. The summed E-state index contributed by atoms with van der Waals surface area (Å²) < 4.78 is 5.29. The molecule has 0 saturated carbocycles. The van der Waals surface area contributed by atoms with Crippen molar-refractivity contribution in [2.24, 2.45) is 0 Å². The first-order valence-corrected chi connectivity index (χ1v) is 7.43. The van der Waals surface area contributed by atoms with Crippen molar-refractivity contribution in [3.05, 3.63) is 21.9 Å². The molecule has 0 bridgehead atoms. The zero-order chi connectivity index (χ0) is 14.0. The number of nitrogens with one attached hydrogen (secondary N) is 1. The summed E-state index contributed by atoms with van der Waals surface area (Å²) in [6, 6.07) is 4.21. The number of rotatable bonds is 4. The first-order chi connectivity index (χ1) is 9.02. The predicted molar refractivity (Wildman–Crippen MR) is 77.4 cm³/mol. The zero-order valence-corrected chi connectivity index (χ0v) is 12.8. The van der Waals surface area contributed by atoms with Gasteiger partial charge in [-0.1, -0.05) is 0 Å². The van der Waals surface area contributed by atoms with Crippen molar-refractivity contribution >= 4 is 17.2 Å².